The van der Waals surface area contributed by atoms with E-state index in [1.807, 2.05) is 31.2 Å². The van der Waals surface area contributed by atoms with Gasteiger partial charge in [0.25, 0.3) is 0 Å². The summed E-state index contributed by atoms with van der Waals surface area (Å²) in [5.41, 5.74) is 3.14. The van der Waals surface area contributed by atoms with E-state index < -0.39 is 0 Å². The summed E-state index contributed by atoms with van der Waals surface area (Å²) in [7, 11) is 0. The fourth-order valence-corrected chi connectivity index (χ4v) is 1.93. The van der Waals surface area contributed by atoms with Gasteiger partial charge in [0.2, 0.25) is 0 Å². The lowest BCUT2D eigenvalue weighted by molar-refractivity contribution is 0.304. The molecule has 106 valence electrons. The zero-order valence-corrected chi connectivity index (χ0v) is 11.9. The van der Waals surface area contributed by atoms with Crippen LogP contribution in [0.4, 0.5) is 4.39 Å². The summed E-state index contributed by atoms with van der Waals surface area (Å²) < 4.78 is 18.9. The second kappa shape index (κ2) is 7.06. The highest BCUT2D eigenvalue weighted by atomic mass is 19.1. The molecule has 0 aliphatic carbocycles. The molecule has 0 radical (unpaired) electrons. The van der Waals surface area contributed by atoms with Gasteiger partial charge in [0.05, 0.1) is 0 Å². The number of benzene rings is 2. The molecule has 1 N–H and O–H groups in total. The molecule has 0 aliphatic heterocycles. The number of rotatable bonds is 6. The van der Waals surface area contributed by atoms with E-state index in [1.54, 1.807) is 6.07 Å². The molecule has 3 heteroatoms. The third-order valence-electron chi connectivity index (χ3n) is 3.21. The molecular weight excluding hydrogens is 253 g/mol. The lowest BCUT2D eigenvalue weighted by Crippen LogP contribution is -2.11. The summed E-state index contributed by atoms with van der Waals surface area (Å²) in [6.45, 7) is 6.24. The molecule has 2 nitrogen and oxygen atoms in total. The van der Waals surface area contributed by atoms with Gasteiger partial charge in [0, 0.05) is 6.54 Å². The third-order valence-corrected chi connectivity index (χ3v) is 3.21. The van der Waals surface area contributed by atoms with E-state index in [-0.39, 0.29) is 5.82 Å². The maximum absolute atomic E-state index is 13.2. The summed E-state index contributed by atoms with van der Waals surface area (Å²) in [6, 6.07) is 12.7. The Morgan fingerprint density at radius 1 is 1.10 bits per heavy atom. The largest absolute Gasteiger partial charge is 0.489 e. The Bertz CT molecular complexity index is 551. The van der Waals surface area contributed by atoms with Crippen LogP contribution < -0.4 is 10.1 Å². The fourth-order valence-electron chi connectivity index (χ4n) is 1.93. The van der Waals surface area contributed by atoms with Crippen molar-refractivity contribution in [3.05, 3.63) is 65.0 Å². The van der Waals surface area contributed by atoms with Gasteiger partial charge in [-0.25, -0.2) is 4.39 Å². The molecule has 0 atom stereocenters. The maximum atomic E-state index is 13.2. The van der Waals surface area contributed by atoms with Crippen LogP contribution in [-0.4, -0.2) is 6.54 Å². The van der Waals surface area contributed by atoms with Crippen molar-refractivity contribution in [2.24, 2.45) is 0 Å². The second-order valence-electron chi connectivity index (χ2n) is 4.78. The Hall–Kier alpha value is -1.87. The van der Waals surface area contributed by atoms with E-state index in [2.05, 4.69) is 12.2 Å². The van der Waals surface area contributed by atoms with E-state index >= 15 is 0 Å². The van der Waals surface area contributed by atoms with Crippen molar-refractivity contribution in [1.29, 1.82) is 0 Å². The lowest BCUT2D eigenvalue weighted by atomic mass is 10.1. The molecule has 0 saturated heterocycles. The van der Waals surface area contributed by atoms with Crippen molar-refractivity contribution in [3.8, 4) is 5.75 Å². The number of halogens is 1. The highest BCUT2D eigenvalue weighted by molar-refractivity contribution is 5.29. The quantitative estimate of drug-likeness (QED) is 0.864. The molecule has 0 heterocycles. The van der Waals surface area contributed by atoms with Gasteiger partial charge in [0.1, 0.15) is 18.2 Å². The second-order valence-corrected chi connectivity index (χ2v) is 4.78. The minimum absolute atomic E-state index is 0.227. The van der Waals surface area contributed by atoms with Crippen LogP contribution in [0.25, 0.3) is 0 Å². The highest BCUT2D eigenvalue weighted by Crippen LogP contribution is 2.16. The van der Waals surface area contributed by atoms with Gasteiger partial charge >= 0.3 is 0 Å². The van der Waals surface area contributed by atoms with Crippen molar-refractivity contribution in [2.75, 3.05) is 6.54 Å². The molecule has 0 aliphatic rings. The van der Waals surface area contributed by atoms with Crippen LogP contribution in [0.2, 0.25) is 0 Å². The molecule has 0 saturated carbocycles. The topological polar surface area (TPSA) is 21.3 Å². The SMILES string of the molecule is CCNCc1ccc(OCc2cc(F)ccc2C)cc1. The Balaban J connectivity index is 1.95. The van der Waals surface area contributed by atoms with Gasteiger partial charge < -0.3 is 10.1 Å². The van der Waals surface area contributed by atoms with E-state index in [0.29, 0.717) is 6.61 Å². The first kappa shape index (κ1) is 14.5. The predicted molar refractivity (Wildman–Crippen MR) is 79.3 cm³/mol. The monoisotopic (exact) mass is 273 g/mol. The molecule has 0 amide bonds. The van der Waals surface area contributed by atoms with Crippen molar-refractivity contribution in [3.63, 3.8) is 0 Å². The molecule has 2 aromatic carbocycles. The van der Waals surface area contributed by atoms with Crippen LogP contribution >= 0.6 is 0 Å². The Labute approximate surface area is 119 Å². The van der Waals surface area contributed by atoms with E-state index in [0.717, 1.165) is 30.0 Å². The summed E-state index contributed by atoms with van der Waals surface area (Å²) in [6.07, 6.45) is 0. The molecular formula is C17H20FNO. The zero-order valence-electron chi connectivity index (χ0n) is 11.9. The maximum Gasteiger partial charge on any atom is 0.123 e. The molecule has 2 rings (SSSR count). The Morgan fingerprint density at radius 2 is 1.85 bits per heavy atom. The smallest absolute Gasteiger partial charge is 0.123 e. The summed E-state index contributed by atoms with van der Waals surface area (Å²) in [4.78, 5) is 0. The minimum Gasteiger partial charge on any atom is -0.489 e. The van der Waals surface area contributed by atoms with Crippen molar-refractivity contribution in [2.45, 2.75) is 27.0 Å². The van der Waals surface area contributed by atoms with Crippen LogP contribution in [-0.2, 0) is 13.2 Å². The number of aryl methyl sites for hydroxylation is 1. The van der Waals surface area contributed by atoms with Gasteiger partial charge in [-0.2, -0.15) is 0 Å². The molecule has 0 fully saturated rings. The standard InChI is InChI=1S/C17H20FNO/c1-3-19-11-14-5-8-17(9-6-14)20-12-15-10-16(18)7-4-13(15)2/h4-10,19H,3,11-12H2,1-2H3. The third kappa shape index (κ3) is 4.07. The van der Waals surface area contributed by atoms with Crippen LogP contribution in [0.1, 0.15) is 23.6 Å². The number of ether oxygens (including phenoxy) is 1. The molecule has 0 unspecified atom stereocenters. The van der Waals surface area contributed by atoms with E-state index in [4.69, 9.17) is 4.74 Å². The van der Waals surface area contributed by atoms with Crippen molar-refractivity contribution < 1.29 is 9.13 Å². The summed E-state index contributed by atoms with van der Waals surface area (Å²) in [5, 5.41) is 3.27. The first-order valence-corrected chi connectivity index (χ1v) is 6.86. The van der Waals surface area contributed by atoms with Crippen molar-refractivity contribution in [1.82, 2.24) is 5.32 Å². The van der Waals surface area contributed by atoms with Crippen LogP contribution in [0.15, 0.2) is 42.5 Å². The number of hydrogen-bond donors (Lipinski definition) is 1. The van der Waals surface area contributed by atoms with Gasteiger partial charge in [0.15, 0.2) is 0 Å². The number of nitrogens with one attached hydrogen (secondary N) is 1. The van der Waals surface area contributed by atoms with Crippen LogP contribution in [0.3, 0.4) is 0 Å². The molecule has 0 aromatic heterocycles. The molecule has 20 heavy (non-hydrogen) atoms. The van der Waals surface area contributed by atoms with Gasteiger partial charge in [-0.1, -0.05) is 25.1 Å². The first-order chi connectivity index (χ1) is 9.69. The summed E-state index contributed by atoms with van der Waals surface area (Å²) in [5.74, 6) is 0.573. The van der Waals surface area contributed by atoms with Crippen LogP contribution in [0, 0.1) is 12.7 Å². The van der Waals surface area contributed by atoms with Gasteiger partial charge in [-0.15, -0.1) is 0 Å². The Kier molecular flexibility index (Phi) is 5.13. The average Bonchev–Trinajstić information content (AvgIpc) is 2.47. The Morgan fingerprint density at radius 3 is 2.55 bits per heavy atom. The zero-order chi connectivity index (χ0) is 14.4. The minimum atomic E-state index is -0.227. The van der Waals surface area contributed by atoms with E-state index in [1.165, 1.54) is 17.7 Å². The number of hydrogen-bond acceptors (Lipinski definition) is 2. The normalized spacial score (nSPS) is 10.6. The average molecular weight is 273 g/mol. The molecule has 0 spiro atoms. The van der Waals surface area contributed by atoms with E-state index in [9.17, 15) is 4.39 Å². The molecule has 2 aromatic rings. The predicted octanol–water partition coefficient (Wildman–Crippen LogP) is 3.82. The van der Waals surface area contributed by atoms with Gasteiger partial charge in [-0.3, -0.25) is 0 Å². The van der Waals surface area contributed by atoms with Crippen molar-refractivity contribution >= 4 is 0 Å². The lowest BCUT2D eigenvalue weighted by Gasteiger charge is -2.09. The summed E-state index contributed by atoms with van der Waals surface area (Å²) >= 11 is 0. The first-order valence-electron chi connectivity index (χ1n) is 6.86. The van der Waals surface area contributed by atoms with Gasteiger partial charge in [-0.05, 0) is 54.4 Å². The highest BCUT2D eigenvalue weighted by Gasteiger charge is 2.02. The van der Waals surface area contributed by atoms with Crippen LogP contribution in [0.5, 0.6) is 5.75 Å². The molecule has 0 bridgehead atoms. The fraction of sp³-hybridized carbons (Fsp3) is 0.294.